The number of hydrogen-bond acceptors (Lipinski definition) is 4. The molecule has 2 heterocycles. The van der Waals surface area contributed by atoms with E-state index in [-0.39, 0.29) is 5.41 Å². The molecule has 1 unspecified atom stereocenters. The number of nitrogens with zero attached hydrogens (tertiary/aromatic N) is 4. The molecule has 0 saturated heterocycles. The molecule has 2 aromatic rings. The normalized spacial score (nSPS) is 13.8. The molecule has 0 fully saturated rings. The van der Waals surface area contributed by atoms with Gasteiger partial charge in [-0.05, 0) is 12.3 Å². The summed E-state index contributed by atoms with van der Waals surface area (Å²) in [5.41, 5.74) is 6.84. The standard InChI is InChI=1S/C13H21N5/c1-9(13(2,3)4)17(5)12-11-15-6-7-18(11)8-10(14)16-12/h6-9H,14H2,1-5H3. The molecule has 0 aliphatic heterocycles. The number of nitrogen functional groups attached to an aromatic ring is 1. The lowest BCUT2D eigenvalue weighted by Gasteiger charge is -2.36. The summed E-state index contributed by atoms with van der Waals surface area (Å²) in [4.78, 5) is 10.9. The predicted octanol–water partition coefficient (Wildman–Crippen LogP) is 2.18. The van der Waals surface area contributed by atoms with Crippen LogP contribution in [0.2, 0.25) is 0 Å². The van der Waals surface area contributed by atoms with Crippen LogP contribution in [0.4, 0.5) is 11.6 Å². The number of aromatic nitrogens is 3. The van der Waals surface area contributed by atoms with Crippen LogP contribution in [0, 0.1) is 5.41 Å². The van der Waals surface area contributed by atoms with E-state index in [0.29, 0.717) is 11.9 Å². The van der Waals surface area contributed by atoms with Gasteiger partial charge in [-0.15, -0.1) is 0 Å². The zero-order valence-corrected chi connectivity index (χ0v) is 11.7. The first-order chi connectivity index (χ1) is 8.30. The first-order valence-corrected chi connectivity index (χ1v) is 6.12. The molecular weight excluding hydrogens is 226 g/mol. The van der Waals surface area contributed by atoms with Crippen molar-refractivity contribution in [2.75, 3.05) is 17.7 Å². The SMILES string of the molecule is CC(N(C)c1nc(N)cn2ccnc12)C(C)(C)C. The maximum atomic E-state index is 5.84. The summed E-state index contributed by atoms with van der Waals surface area (Å²) in [5, 5.41) is 0. The van der Waals surface area contributed by atoms with Gasteiger partial charge in [0.25, 0.3) is 0 Å². The summed E-state index contributed by atoms with van der Waals surface area (Å²) >= 11 is 0. The van der Waals surface area contributed by atoms with Gasteiger partial charge in [0.2, 0.25) is 0 Å². The number of hydrogen-bond donors (Lipinski definition) is 1. The highest BCUT2D eigenvalue weighted by molar-refractivity contribution is 5.66. The van der Waals surface area contributed by atoms with Crippen molar-refractivity contribution in [3.8, 4) is 0 Å². The highest BCUT2D eigenvalue weighted by Crippen LogP contribution is 2.28. The van der Waals surface area contributed by atoms with Gasteiger partial charge in [0.1, 0.15) is 5.82 Å². The van der Waals surface area contributed by atoms with E-state index in [0.717, 1.165) is 11.5 Å². The third-order valence-corrected chi connectivity index (χ3v) is 3.54. The van der Waals surface area contributed by atoms with Crippen molar-refractivity contribution in [3.05, 3.63) is 18.6 Å². The van der Waals surface area contributed by atoms with Crippen LogP contribution in [0.3, 0.4) is 0 Å². The lowest BCUT2D eigenvalue weighted by molar-refractivity contribution is 0.329. The first-order valence-electron chi connectivity index (χ1n) is 6.12. The van der Waals surface area contributed by atoms with Gasteiger partial charge in [-0.3, -0.25) is 0 Å². The summed E-state index contributed by atoms with van der Waals surface area (Å²) in [6.45, 7) is 8.82. The molecule has 0 bridgehead atoms. The van der Waals surface area contributed by atoms with Crippen molar-refractivity contribution in [1.82, 2.24) is 14.4 Å². The van der Waals surface area contributed by atoms with Crippen molar-refractivity contribution in [2.24, 2.45) is 5.41 Å². The number of imidazole rings is 1. The van der Waals surface area contributed by atoms with Crippen LogP contribution >= 0.6 is 0 Å². The number of nitrogens with two attached hydrogens (primary N) is 1. The van der Waals surface area contributed by atoms with Crippen molar-refractivity contribution < 1.29 is 0 Å². The molecule has 0 aliphatic rings. The molecule has 2 rings (SSSR count). The average molecular weight is 247 g/mol. The van der Waals surface area contributed by atoms with Crippen molar-refractivity contribution in [2.45, 2.75) is 33.7 Å². The highest BCUT2D eigenvalue weighted by atomic mass is 15.2. The van der Waals surface area contributed by atoms with Gasteiger partial charge in [0, 0.05) is 25.5 Å². The Morgan fingerprint density at radius 2 is 2.06 bits per heavy atom. The largest absolute Gasteiger partial charge is 0.382 e. The van der Waals surface area contributed by atoms with E-state index in [9.17, 15) is 0 Å². The Hall–Kier alpha value is -1.78. The topological polar surface area (TPSA) is 59.5 Å². The zero-order valence-electron chi connectivity index (χ0n) is 11.7. The minimum atomic E-state index is 0.157. The Morgan fingerprint density at radius 1 is 1.39 bits per heavy atom. The van der Waals surface area contributed by atoms with Gasteiger partial charge >= 0.3 is 0 Å². The quantitative estimate of drug-likeness (QED) is 0.883. The summed E-state index contributed by atoms with van der Waals surface area (Å²) in [7, 11) is 2.03. The van der Waals surface area contributed by atoms with E-state index >= 15 is 0 Å². The van der Waals surface area contributed by atoms with E-state index in [4.69, 9.17) is 5.73 Å². The van der Waals surface area contributed by atoms with E-state index < -0.39 is 0 Å². The maximum absolute atomic E-state index is 5.84. The average Bonchev–Trinajstić information content (AvgIpc) is 2.72. The van der Waals surface area contributed by atoms with Crippen LogP contribution in [0.5, 0.6) is 0 Å². The molecule has 0 amide bonds. The van der Waals surface area contributed by atoms with Crippen LogP contribution in [0.1, 0.15) is 27.7 Å². The first kappa shape index (κ1) is 12.7. The van der Waals surface area contributed by atoms with Crippen LogP contribution in [-0.2, 0) is 0 Å². The second-order valence-electron chi connectivity index (χ2n) is 5.80. The molecule has 18 heavy (non-hydrogen) atoms. The van der Waals surface area contributed by atoms with Crippen molar-refractivity contribution >= 4 is 17.3 Å². The van der Waals surface area contributed by atoms with Crippen LogP contribution in [0.15, 0.2) is 18.6 Å². The monoisotopic (exact) mass is 247 g/mol. The predicted molar refractivity (Wildman–Crippen MR) is 74.7 cm³/mol. The zero-order chi connectivity index (χ0) is 13.5. The van der Waals surface area contributed by atoms with E-state index in [2.05, 4.69) is 42.6 Å². The van der Waals surface area contributed by atoms with Gasteiger partial charge < -0.3 is 15.0 Å². The third kappa shape index (κ3) is 2.12. The van der Waals surface area contributed by atoms with Gasteiger partial charge in [0.05, 0.1) is 6.20 Å². The van der Waals surface area contributed by atoms with Gasteiger partial charge in [-0.1, -0.05) is 20.8 Å². The summed E-state index contributed by atoms with van der Waals surface area (Å²) in [6, 6.07) is 0.326. The molecule has 5 nitrogen and oxygen atoms in total. The Morgan fingerprint density at radius 3 is 2.67 bits per heavy atom. The van der Waals surface area contributed by atoms with Crippen LogP contribution < -0.4 is 10.6 Å². The molecule has 5 heteroatoms. The molecular formula is C13H21N5. The minimum Gasteiger partial charge on any atom is -0.382 e. The fraction of sp³-hybridized carbons (Fsp3) is 0.538. The lowest BCUT2D eigenvalue weighted by atomic mass is 9.87. The van der Waals surface area contributed by atoms with Gasteiger partial charge in [0.15, 0.2) is 11.5 Å². The Balaban J connectivity index is 2.50. The number of rotatable bonds is 2. The number of fused-ring (bicyclic) bond motifs is 1. The van der Waals surface area contributed by atoms with Crippen LogP contribution in [0.25, 0.3) is 5.65 Å². The molecule has 0 aliphatic carbocycles. The van der Waals surface area contributed by atoms with Crippen molar-refractivity contribution in [1.29, 1.82) is 0 Å². The molecule has 2 aromatic heterocycles. The van der Waals surface area contributed by atoms with Crippen LogP contribution in [-0.4, -0.2) is 27.5 Å². The summed E-state index contributed by atoms with van der Waals surface area (Å²) in [5.74, 6) is 1.32. The highest BCUT2D eigenvalue weighted by Gasteiger charge is 2.26. The molecule has 0 spiro atoms. The van der Waals surface area contributed by atoms with Gasteiger partial charge in [-0.25, -0.2) is 9.97 Å². The molecule has 0 saturated carbocycles. The second kappa shape index (κ2) is 4.15. The smallest absolute Gasteiger partial charge is 0.180 e. The van der Waals surface area contributed by atoms with E-state index in [1.165, 1.54) is 0 Å². The molecule has 1 atom stereocenters. The fourth-order valence-electron chi connectivity index (χ4n) is 1.94. The Labute approximate surface area is 108 Å². The Bertz CT molecular complexity index is 552. The lowest BCUT2D eigenvalue weighted by Crippen LogP contribution is -2.40. The molecule has 2 N–H and O–H groups in total. The third-order valence-electron chi connectivity index (χ3n) is 3.54. The molecule has 0 radical (unpaired) electrons. The molecule has 0 aromatic carbocycles. The van der Waals surface area contributed by atoms with Gasteiger partial charge in [-0.2, -0.15) is 0 Å². The fourth-order valence-corrected chi connectivity index (χ4v) is 1.94. The Kier molecular flexibility index (Phi) is 2.92. The number of anilines is 2. The van der Waals surface area contributed by atoms with E-state index in [1.54, 1.807) is 12.4 Å². The maximum Gasteiger partial charge on any atom is 0.180 e. The molecule has 98 valence electrons. The summed E-state index contributed by atoms with van der Waals surface area (Å²) < 4.78 is 1.91. The van der Waals surface area contributed by atoms with Crippen molar-refractivity contribution in [3.63, 3.8) is 0 Å². The minimum absolute atomic E-state index is 0.157. The summed E-state index contributed by atoms with van der Waals surface area (Å²) in [6.07, 6.45) is 5.42. The second-order valence-corrected chi connectivity index (χ2v) is 5.80. The van der Waals surface area contributed by atoms with E-state index in [1.807, 2.05) is 17.6 Å².